The number of nitrogens with one attached hydrogen (secondary N) is 2. The fraction of sp³-hybridized carbons (Fsp3) is 0.414. The number of aromatic hydroxyl groups is 1. The van der Waals surface area contributed by atoms with E-state index < -0.39 is 52.6 Å². The van der Waals surface area contributed by atoms with Crippen LogP contribution in [-0.2, 0) is 42.8 Å². The van der Waals surface area contributed by atoms with Gasteiger partial charge in [-0.2, -0.15) is 0 Å². The number of nitrogens with two attached hydrogens (primary N) is 2. The van der Waals surface area contributed by atoms with Crippen LogP contribution in [0, 0.1) is 0 Å². The Balaban J connectivity index is 2.29. The number of amidine groups is 1. The summed E-state index contributed by atoms with van der Waals surface area (Å²) in [5.74, 6) is -1.87. The molecular weight excluding hydrogens is 560 g/mol. The maximum atomic E-state index is 13.6. The fourth-order valence-corrected chi connectivity index (χ4v) is 4.66. The molecular formula is C29H40N6O6S. The third-order valence-corrected chi connectivity index (χ3v) is 7.13. The molecule has 0 aliphatic rings. The van der Waals surface area contributed by atoms with E-state index in [4.69, 9.17) is 11.5 Å². The number of nitrogens with zero attached hydrogens (tertiary/aromatic N) is 2. The van der Waals surface area contributed by atoms with Gasteiger partial charge in [-0.3, -0.25) is 28.4 Å². The Morgan fingerprint density at radius 3 is 2.10 bits per heavy atom. The van der Waals surface area contributed by atoms with Gasteiger partial charge in [-0.1, -0.05) is 42.5 Å². The third kappa shape index (κ3) is 12.1. The quantitative estimate of drug-likeness (QED) is 0.132. The second-order valence-corrected chi connectivity index (χ2v) is 11.6. The van der Waals surface area contributed by atoms with Crippen molar-refractivity contribution in [2.75, 3.05) is 25.6 Å². The summed E-state index contributed by atoms with van der Waals surface area (Å²) in [5, 5.41) is 15.0. The van der Waals surface area contributed by atoms with Gasteiger partial charge in [0.1, 0.15) is 23.9 Å². The minimum atomic E-state index is -1.26. The summed E-state index contributed by atoms with van der Waals surface area (Å²) in [5.41, 5.74) is 12.5. The van der Waals surface area contributed by atoms with Crippen LogP contribution in [0.1, 0.15) is 30.9 Å². The first-order chi connectivity index (χ1) is 19.8. The number of amides is 4. The average Bonchev–Trinajstić information content (AvgIpc) is 2.93. The lowest BCUT2D eigenvalue weighted by molar-refractivity contribution is -0.136. The topological polar surface area (TPSA) is 197 Å². The lowest BCUT2D eigenvalue weighted by atomic mass is 10.0. The Kier molecular flexibility index (Phi) is 13.6. The van der Waals surface area contributed by atoms with E-state index in [9.17, 15) is 28.5 Å². The van der Waals surface area contributed by atoms with Gasteiger partial charge in [-0.25, -0.2) is 0 Å². The largest absolute Gasteiger partial charge is 0.508 e. The number of carbonyl (C=O) groups excluding carboxylic acids is 4. The summed E-state index contributed by atoms with van der Waals surface area (Å²) in [4.78, 5) is 57.1. The van der Waals surface area contributed by atoms with Crippen molar-refractivity contribution in [2.45, 2.75) is 50.7 Å². The number of hydrogen-bond donors (Lipinski definition) is 5. The predicted molar refractivity (Wildman–Crippen MR) is 162 cm³/mol. The zero-order chi connectivity index (χ0) is 31.2. The second kappa shape index (κ2) is 16.9. The highest BCUT2D eigenvalue weighted by atomic mass is 32.2. The molecule has 0 saturated carbocycles. The highest BCUT2D eigenvalue weighted by Crippen LogP contribution is 2.14. The molecule has 4 amide bonds. The van der Waals surface area contributed by atoms with E-state index in [-0.39, 0.29) is 49.6 Å². The first kappa shape index (κ1) is 33.9. The number of phenols is 1. The molecule has 0 spiro atoms. The molecule has 13 heteroatoms. The summed E-state index contributed by atoms with van der Waals surface area (Å²) < 4.78 is 11.9. The zero-order valence-corrected chi connectivity index (χ0v) is 24.9. The molecule has 12 nitrogen and oxygen atoms in total. The van der Waals surface area contributed by atoms with E-state index in [0.717, 1.165) is 5.56 Å². The number of primary amides is 1. The predicted octanol–water partition coefficient (Wildman–Crippen LogP) is -0.00490. The molecule has 0 bridgehead atoms. The maximum absolute atomic E-state index is 13.6. The van der Waals surface area contributed by atoms with Crippen molar-refractivity contribution in [1.82, 2.24) is 15.5 Å². The molecule has 0 fully saturated rings. The number of likely N-dealkylation sites (N-methyl/N-ethyl adjacent to an activating group) is 1. The van der Waals surface area contributed by atoms with Crippen molar-refractivity contribution in [3.63, 3.8) is 0 Å². The summed E-state index contributed by atoms with van der Waals surface area (Å²) >= 11 is 0. The van der Waals surface area contributed by atoms with Gasteiger partial charge in [-0.15, -0.1) is 0 Å². The second-order valence-electron chi connectivity index (χ2n) is 10.0. The number of carbonyl (C=O) groups is 4. The summed E-state index contributed by atoms with van der Waals surface area (Å²) in [7, 11) is 0.250. The van der Waals surface area contributed by atoms with Gasteiger partial charge in [0, 0.05) is 55.7 Å². The summed E-state index contributed by atoms with van der Waals surface area (Å²) in [6.45, 7) is 1.61. The molecule has 0 radical (unpaired) electrons. The number of benzene rings is 2. The van der Waals surface area contributed by atoms with E-state index in [1.807, 2.05) is 30.3 Å². The molecule has 7 N–H and O–H groups in total. The van der Waals surface area contributed by atoms with Gasteiger partial charge in [0.2, 0.25) is 23.6 Å². The Morgan fingerprint density at radius 1 is 0.929 bits per heavy atom. The van der Waals surface area contributed by atoms with Crippen LogP contribution in [0.2, 0.25) is 0 Å². The van der Waals surface area contributed by atoms with Crippen LogP contribution >= 0.6 is 0 Å². The van der Waals surface area contributed by atoms with Crippen LogP contribution in [0.25, 0.3) is 0 Å². The molecule has 0 aliphatic carbocycles. The van der Waals surface area contributed by atoms with Gasteiger partial charge < -0.3 is 32.1 Å². The third-order valence-electron chi connectivity index (χ3n) is 6.32. The van der Waals surface area contributed by atoms with E-state index in [2.05, 4.69) is 15.6 Å². The monoisotopic (exact) mass is 600 g/mol. The SMILES string of the molecule is CC(N)=N[C@@H](Cc1ccc(O)cc1)C(=O)N[C@H](CCS(C)=O)C(=O)N[C@@H](Cc1ccccc1)C(=O)N(C)CCC(N)=O. The van der Waals surface area contributed by atoms with Gasteiger partial charge in [0.05, 0.1) is 5.84 Å². The maximum Gasteiger partial charge on any atom is 0.245 e. The van der Waals surface area contributed by atoms with Gasteiger partial charge in [0.25, 0.3) is 0 Å². The average molecular weight is 601 g/mol. The highest BCUT2D eigenvalue weighted by Gasteiger charge is 2.30. The zero-order valence-electron chi connectivity index (χ0n) is 24.1. The first-order valence-corrected chi connectivity index (χ1v) is 15.1. The van der Waals surface area contributed by atoms with Crippen molar-refractivity contribution in [1.29, 1.82) is 0 Å². The highest BCUT2D eigenvalue weighted by molar-refractivity contribution is 7.84. The van der Waals surface area contributed by atoms with Crippen molar-refractivity contribution in [3.8, 4) is 5.75 Å². The van der Waals surface area contributed by atoms with E-state index in [1.54, 1.807) is 12.1 Å². The molecule has 228 valence electrons. The molecule has 0 aromatic heterocycles. The Labute approximate surface area is 248 Å². The van der Waals surface area contributed by atoms with Crippen LogP contribution in [-0.4, -0.2) is 87.4 Å². The van der Waals surface area contributed by atoms with Crippen LogP contribution < -0.4 is 22.1 Å². The van der Waals surface area contributed by atoms with Gasteiger partial charge in [0.15, 0.2) is 0 Å². The smallest absolute Gasteiger partial charge is 0.245 e. The van der Waals surface area contributed by atoms with Crippen molar-refractivity contribution in [2.24, 2.45) is 16.5 Å². The molecule has 0 saturated heterocycles. The van der Waals surface area contributed by atoms with Gasteiger partial charge >= 0.3 is 0 Å². The standard InChI is InChI=1S/C29H40N6O6S/c1-19(30)32-24(17-21-9-11-22(36)12-10-21)28(39)33-23(14-16-42(3)41)27(38)34-25(18-20-7-5-4-6-8-20)29(40)35(2)15-13-26(31)37/h4-12,23-25,36H,13-18H2,1-3H3,(H2,30,32)(H2,31,37)(H,33,39)(H,34,38)/t23-,24+,25+,42?/m1/s1. The minimum Gasteiger partial charge on any atom is -0.508 e. The normalized spacial score (nSPS) is 14.2. The lowest BCUT2D eigenvalue weighted by Gasteiger charge is -2.27. The van der Waals surface area contributed by atoms with Crippen LogP contribution in [0.4, 0.5) is 0 Å². The first-order valence-electron chi connectivity index (χ1n) is 13.4. The Bertz CT molecular complexity index is 1270. The van der Waals surface area contributed by atoms with Crippen molar-refractivity contribution in [3.05, 3.63) is 65.7 Å². The Morgan fingerprint density at radius 2 is 1.52 bits per heavy atom. The number of hydrogen-bond acceptors (Lipinski definition) is 7. The molecule has 4 atom stereocenters. The molecule has 0 aliphatic heterocycles. The minimum absolute atomic E-state index is 0.0429. The molecule has 0 heterocycles. The van der Waals surface area contributed by atoms with Crippen LogP contribution in [0.3, 0.4) is 0 Å². The number of aliphatic imine (C=N–C) groups is 1. The number of rotatable bonds is 16. The van der Waals surface area contributed by atoms with E-state index in [0.29, 0.717) is 5.56 Å². The summed E-state index contributed by atoms with van der Waals surface area (Å²) in [6, 6.07) is 12.2. The molecule has 2 aromatic rings. The fourth-order valence-electron chi connectivity index (χ4n) is 4.09. The molecule has 2 aromatic carbocycles. The van der Waals surface area contributed by atoms with Crippen molar-refractivity contribution < 1.29 is 28.5 Å². The summed E-state index contributed by atoms with van der Waals surface area (Å²) in [6.07, 6.45) is 1.80. The Hall–Kier alpha value is -4.26. The van der Waals surface area contributed by atoms with E-state index in [1.165, 1.54) is 37.3 Å². The molecule has 2 rings (SSSR count). The molecule has 42 heavy (non-hydrogen) atoms. The van der Waals surface area contributed by atoms with Crippen LogP contribution in [0.15, 0.2) is 59.6 Å². The molecule has 1 unspecified atom stereocenters. The lowest BCUT2D eigenvalue weighted by Crippen LogP contribution is -2.56. The number of phenolic OH excluding ortho intramolecular Hbond substituents is 1. The van der Waals surface area contributed by atoms with Crippen LogP contribution in [0.5, 0.6) is 5.75 Å². The van der Waals surface area contributed by atoms with Crippen molar-refractivity contribution >= 4 is 40.3 Å². The van der Waals surface area contributed by atoms with Gasteiger partial charge in [-0.05, 0) is 36.6 Å². The van der Waals surface area contributed by atoms with E-state index >= 15 is 0 Å².